The van der Waals surface area contributed by atoms with Crippen LogP contribution in [-0.2, 0) is 14.3 Å². The number of nitrogens with zero attached hydrogens (tertiary/aromatic N) is 3. The second-order valence-corrected chi connectivity index (χ2v) is 8.94. The van der Waals surface area contributed by atoms with Crippen molar-refractivity contribution in [3.8, 4) is 0 Å². The number of rotatable bonds is 7. The first-order valence-corrected chi connectivity index (χ1v) is 11.9. The van der Waals surface area contributed by atoms with Crippen molar-refractivity contribution in [1.29, 1.82) is 0 Å². The minimum atomic E-state index is -0.233. The summed E-state index contributed by atoms with van der Waals surface area (Å²) in [4.78, 5) is 31.6. The lowest BCUT2D eigenvalue weighted by Gasteiger charge is -2.36. The van der Waals surface area contributed by atoms with Crippen LogP contribution in [0.1, 0.15) is 17.2 Å². The molecule has 0 aromatic heterocycles. The Hall–Kier alpha value is -2.45. The zero-order valence-corrected chi connectivity index (χ0v) is 19.5. The summed E-state index contributed by atoms with van der Waals surface area (Å²) in [6.45, 7) is 6.45. The van der Waals surface area contributed by atoms with Crippen molar-refractivity contribution in [1.82, 2.24) is 20.0 Å². The minimum absolute atomic E-state index is 0.0170. The summed E-state index contributed by atoms with van der Waals surface area (Å²) in [5.41, 5.74) is 2.02. The Labute approximate surface area is 200 Å². The highest BCUT2D eigenvalue weighted by Gasteiger charge is 2.25. The topological polar surface area (TPSA) is 65.1 Å². The molecule has 0 spiro atoms. The van der Waals surface area contributed by atoms with Crippen LogP contribution in [0.3, 0.4) is 0 Å². The second-order valence-electron chi connectivity index (χ2n) is 8.51. The fourth-order valence-corrected chi connectivity index (χ4v) is 4.41. The Kier molecular flexibility index (Phi) is 8.34. The van der Waals surface area contributed by atoms with E-state index in [-0.39, 0.29) is 17.9 Å². The molecule has 176 valence electrons. The predicted octanol–water partition coefficient (Wildman–Crippen LogP) is 2.02. The molecule has 1 N–H and O–H groups in total. The van der Waals surface area contributed by atoms with Gasteiger partial charge in [0.1, 0.15) is 0 Å². The maximum atomic E-state index is 12.9. The van der Waals surface area contributed by atoms with Gasteiger partial charge in [0.25, 0.3) is 0 Å². The van der Waals surface area contributed by atoms with E-state index in [4.69, 9.17) is 16.3 Å². The van der Waals surface area contributed by atoms with E-state index in [2.05, 4.69) is 15.1 Å². The van der Waals surface area contributed by atoms with Gasteiger partial charge in [0, 0.05) is 44.3 Å². The van der Waals surface area contributed by atoms with E-state index < -0.39 is 0 Å². The normalized spacial score (nSPS) is 18.6. The van der Waals surface area contributed by atoms with Crippen molar-refractivity contribution in [2.24, 2.45) is 0 Å². The van der Waals surface area contributed by atoms with Crippen LogP contribution in [0.2, 0.25) is 5.02 Å². The molecule has 2 aromatic rings. The van der Waals surface area contributed by atoms with Crippen LogP contribution in [-0.4, -0.2) is 92.1 Å². The van der Waals surface area contributed by atoms with Crippen molar-refractivity contribution in [2.45, 2.75) is 6.04 Å². The van der Waals surface area contributed by atoms with Gasteiger partial charge in [-0.2, -0.15) is 0 Å². The third-order valence-corrected chi connectivity index (χ3v) is 6.45. The highest BCUT2D eigenvalue weighted by atomic mass is 35.5. The van der Waals surface area contributed by atoms with Crippen LogP contribution in [0.15, 0.2) is 54.6 Å². The standard InChI is InChI=1S/C25H31ClN4O3/c26-22-8-6-21(7-9-22)25(20-4-2-1-3-5-20)27-23(31)18-28-10-12-29(13-11-28)19-24(32)30-14-16-33-17-15-30/h1-9,25H,10-19H2,(H,27,31). The van der Waals surface area contributed by atoms with Crippen LogP contribution in [0.4, 0.5) is 0 Å². The van der Waals surface area contributed by atoms with E-state index in [1.807, 2.05) is 59.5 Å². The van der Waals surface area contributed by atoms with Crippen LogP contribution < -0.4 is 5.32 Å². The lowest BCUT2D eigenvalue weighted by molar-refractivity contribution is -0.137. The van der Waals surface area contributed by atoms with Crippen LogP contribution >= 0.6 is 11.6 Å². The maximum absolute atomic E-state index is 12.9. The average molecular weight is 471 g/mol. The Morgan fingerprint density at radius 2 is 1.39 bits per heavy atom. The van der Waals surface area contributed by atoms with E-state index in [1.54, 1.807) is 0 Å². The van der Waals surface area contributed by atoms with Gasteiger partial charge in [0.05, 0.1) is 32.3 Å². The molecule has 2 aliphatic rings. The molecule has 1 atom stereocenters. The van der Waals surface area contributed by atoms with E-state index in [0.29, 0.717) is 44.4 Å². The summed E-state index contributed by atoms with van der Waals surface area (Å²) >= 11 is 6.06. The number of nitrogens with one attached hydrogen (secondary N) is 1. The number of ether oxygens (including phenoxy) is 1. The Morgan fingerprint density at radius 3 is 2.03 bits per heavy atom. The summed E-state index contributed by atoms with van der Waals surface area (Å²) in [6, 6.07) is 17.3. The summed E-state index contributed by atoms with van der Waals surface area (Å²) in [5.74, 6) is 0.148. The molecule has 0 radical (unpaired) electrons. The van der Waals surface area contributed by atoms with E-state index >= 15 is 0 Å². The van der Waals surface area contributed by atoms with Gasteiger partial charge >= 0.3 is 0 Å². The maximum Gasteiger partial charge on any atom is 0.236 e. The predicted molar refractivity (Wildman–Crippen MR) is 128 cm³/mol. The van der Waals surface area contributed by atoms with E-state index in [9.17, 15) is 9.59 Å². The van der Waals surface area contributed by atoms with Crippen molar-refractivity contribution in [2.75, 3.05) is 65.6 Å². The third-order valence-electron chi connectivity index (χ3n) is 6.20. The first-order valence-electron chi connectivity index (χ1n) is 11.5. The number of benzene rings is 2. The molecule has 8 heteroatoms. The smallest absolute Gasteiger partial charge is 0.236 e. The SMILES string of the molecule is O=C(CN1CCN(CC(=O)N2CCOCC2)CC1)NC(c1ccccc1)c1ccc(Cl)cc1. The van der Waals surface area contributed by atoms with Gasteiger partial charge in [-0.05, 0) is 23.3 Å². The summed E-state index contributed by atoms with van der Waals surface area (Å²) in [7, 11) is 0. The molecule has 4 rings (SSSR count). The van der Waals surface area contributed by atoms with Gasteiger partial charge in [-0.25, -0.2) is 0 Å². The number of carbonyl (C=O) groups is 2. The minimum Gasteiger partial charge on any atom is -0.378 e. The second kappa shape index (κ2) is 11.6. The fraction of sp³-hybridized carbons (Fsp3) is 0.440. The molecule has 2 amide bonds. The first kappa shape index (κ1) is 23.7. The highest BCUT2D eigenvalue weighted by molar-refractivity contribution is 6.30. The first-order chi connectivity index (χ1) is 16.1. The fourth-order valence-electron chi connectivity index (χ4n) is 4.28. The molecule has 7 nitrogen and oxygen atoms in total. The molecular weight excluding hydrogens is 440 g/mol. The van der Waals surface area contributed by atoms with Gasteiger partial charge in [0.15, 0.2) is 0 Å². The molecule has 0 bridgehead atoms. The third kappa shape index (κ3) is 6.77. The molecule has 2 heterocycles. The molecule has 2 fully saturated rings. The lowest BCUT2D eigenvalue weighted by Crippen LogP contribution is -2.53. The summed E-state index contributed by atoms with van der Waals surface area (Å²) < 4.78 is 5.32. The Morgan fingerprint density at radius 1 is 0.818 bits per heavy atom. The van der Waals surface area contributed by atoms with Crippen LogP contribution in [0, 0.1) is 0 Å². The molecule has 1 unspecified atom stereocenters. The Balaban J connectivity index is 1.28. The molecule has 33 heavy (non-hydrogen) atoms. The molecular formula is C25H31ClN4O3. The number of halogens is 1. The zero-order valence-electron chi connectivity index (χ0n) is 18.8. The number of piperazine rings is 1. The van der Waals surface area contributed by atoms with E-state index in [0.717, 1.165) is 37.3 Å². The molecule has 2 saturated heterocycles. The lowest BCUT2D eigenvalue weighted by atomic mass is 9.98. The number of carbonyl (C=O) groups excluding carboxylic acids is 2. The molecule has 0 saturated carbocycles. The monoisotopic (exact) mass is 470 g/mol. The average Bonchev–Trinajstić information content (AvgIpc) is 2.85. The van der Waals surface area contributed by atoms with Gasteiger partial charge in [-0.1, -0.05) is 54.1 Å². The summed E-state index contributed by atoms with van der Waals surface area (Å²) in [5, 5.41) is 3.86. The number of morpholine rings is 1. The van der Waals surface area contributed by atoms with Crippen LogP contribution in [0.25, 0.3) is 0 Å². The van der Waals surface area contributed by atoms with Crippen LogP contribution in [0.5, 0.6) is 0 Å². The molecule has 0 aliphatic carbocycles. The summed E-state index contributed by atoms with van der Waals surface area (Å²) in [6.07, 6.45) is 0. The van der Waals surface area contributed by atoms with Crippen molar-refractivity contribution in [3.63, 3.8) is 0 Å². The van der Waals surface area contributed by atoms with Gasteiger partial charge in [-0.3, -0.25) is 19.4 Å². The quantitative estimate of drug-likeness (QED) is 0.670. The molecule has 2 aliphatic heterocycles. The van der Waals surface area contributed by atoms with Crippen molar-refractivity contribution < 1.29 is 14.3 Å². The van der Waals surface area contributed by atoms with Gasteiger partial charge in [-0.15, -0.1) is 0 Å². The van der Waals surface area contributed by atoms with E-state index in [1.165, 1.54) is 0 Å². The molecule has 2 aromatic carbocycles. The zero-order chi connectivity index (χ0) is 23.0. The van der Waals surface area contributed by atoms with Crippen molar-refractivity contribution in [3.05, 3.63) is 70.7 Å². The van der Waals surface area contributed by atoms with Gasteiger partial charge in [0.2, 0.25) is 11.8 Å². The number of amides is 2. The van der Waals surface area contributed by atoms with Crippen molar-refractivity contribution >= 4 is 23.4 Å². The van der Waals surface area contributed by atoms with Gasteiger partial charge < -0.3 is 15.0 Å². The largest absolute Gasteiger partial charge is 0.378 e. The number of hydrogen-bond acceptors (Lipinski definition) is 5. The highest BCUT2D eigenvalue weighted by Crippen LogP contribution is 2.23. The Bertz CT molecular complexity index is 911. The number of hydrogen-bond donors (Lipinski definition) is 1.